The number of benzene rings is 4. The quantitative estimate of drug-likeness (QED) is 0.0577. The van der Waals surface area contributed by atoms with Crippen molar-refractivity contribution in [2.45, 2.75) is 19.6 Å². The van der Waals surface area contributed by atoms with Gasteiger partial charge in [0.05, 0.1) is 49.0 Å². The van der Waals surface area contributed by atoms with Crippen molar-refractivity contribution in [3.05, 3.63) is 60.7 Å². The molecule has 0 saturated carbocycles. The van der Waals surface area contributed by atoms with Gasteiger partial charge < -0.3 is 24.5 Å². The molecular weight excluding hydrogens is 867 g/mol. The summed E-state index contributed by atoms with van der Waals surface area (Å²) in [6.45, 7) is -0.878. The Morgan fingerprint density at radius 1 is 0.611 bits per heavy atom. The van der Waals surface area contributed by atoms with Gasteiger partial charge in [0.15, 0.2) is 9.84 Å². The first-order valence-electron chi connectivity index (χ1n) is 12.7. The van der Waals surface area contributed by atoms with Crippen molar-refractivity contribution in [1.29, 1.82) is 0 Å². The van der Waals surface area contributed by atoms with Gasteiger partial charge in [-0.3, -0.25) is 4.55 Å². The van der Waals surface area contributed by atoms with Crippen LogP contribution >= 0.6 is 0 Å². The number of sulfone groups is 1. The molecule has 21 nitrogen and oxygen atoms in total. The van der Waals surface area contributed by atoms with Crippen LogP contribution in [-0.2, 0) is 54.8 Å². The molecule has 0 bridgehead atoms. The number of fused-ring (bicyclic) bond motifs is 1. The predicted molar refractivity (Wildman–Crippen MR) is 162 cm³/mol. The van der Waals surface area contributed by atoms with Gasteiger partial charge in [-0.2, -0.15) is 13.5 Å². The number of nitrogens with two attached hydrogens (primary N) is 1. The third-order valence-electron chi connectivity index (χ3n) is 6.28. The summed E-state index contributed by atoms with van der Waals surface area (Å²) in [5, 5.41) is 27.1. The summed E-state index contributed by atoms with van der Waals surface area (Å²) in [6.07, 6.45) is 0. The number of hydrogen-bond donors (Lipinski definition) is 2. The fourth-order valence-corrected chi connectivity index (χ4v) is 7.25. The van der Waals surface area contributed by atoms with Gasteiger partial charge in [0, 0.05) is 5.39 Å². The van der Waals surface area contributed by atoms with E-state index >= 15 is 0 Å². The first-order chi connectivity index (χ1) is 22.9. The second-order valence-electron chi connectivity index (χ2n) is 9.61. The summed E-state index contributed by atoms with van der Waals surface area (Å²) in [6, 6.07) is 8.45. The Labute approximate surface area is 396 Å². The van der Waals surface area contributed by atoms with Crippen LogP contribution in [0, 0.1) is 0 Å². The van der Waals surface area contributed by atoms with Crippen LogP contribution < -0.4 is 129 Å². The van der Waals surface area contributed by atoms with Gasteiger partial charge in [0.25, 0.3) is 0 Å². The Hall–Kier alpha value is -0.510. The van der Waals surface area contributed by atoms with Crippen LogP contribution in [-0.4, -0.2) is 72.7 Å². The van der Waals surface area contributed by atoms with Gasteiger partial charge in [-0.05, 0) is 60.0 Å². The van der Waals surface area contributed by atoms with Crippen molar-refractivity contribution in [3.8, 4) is 5.75 Å². The summed E-state index contributed by atoms with van der Waals surface area (Å²) in [5.41, 5.74) is 3.08. The molecule has 268 valence electrons. The third-order valence-corrected chi connectivity index (χ3v) is 11.0. The molecule has 0 spiro atoms. The first kappa shape index (κ1) is 53.5. The number of anilines is 1. The molecule has 0 heterocycles. The molecule has 4 aromatic carbocycles. The summed E-state index contributed by atoms with van der Waals surface area (Å²) in [4.78, 5) is -3.92. The van der Waals surface area contributed by atoms with Gasteiger partial charge in [-0.25, -0.2) is 37.9 Å². The van der Waals surface area contributed by atoms with Gasteiger partial charge >= 0.3 is 129 Å². The minimum Gasteiger partial charge on any atom is -0.871 e. The predicted octanol–water partition coefficient (Wildman–Crippen LogP) is -10.4. The van der Waals surface area contributed by atoms with Gasteiger partial charge in [-0.15, -0.1) is 15.3 Å². The number of nitrogens with zero attached hydrogens (tertiary/aromatic N) is 4. The molecular formula is C24H17N5Na4O16S5. The molecule has 30 heteroatoms. The van der Waals surface area contributed by atoms with E-state index in [1.165, 1.54) is 0 Å². The van der Waals surface area contributed by atoms with E-state index in [4.69, 9.17) is 10.3 Å². The van der Waals surface area contributed by atoms with Crippen molar-refractivity contribution >= 4 is 89.8 Å². The molecule has 0 unspecified atom stereocenters. The van der Waals surface area contributed by atoms with Crippen molar-refractivity contribution in [2.75, 3.05) is 18.1 Å². The molecule has 4 rings (SSSR count). The normalized spacial score (nSPS) is 12.4. The topological polar surface area (TPSA) is 368 Å². The van der Waals surface area contributed by atoms with E-state index in [0.717, 1.165) is 36.4 Å². The zero-order valence-corrected chi connectivity index (χ0v) is 40.2. The fourth-order valence-electron chi connectivity index (χ4n) is 4.05. The van der Waals surface area contributed by atoms with E-state index in [-0.39, 0.29) is 146 Å². The zero-order chi connectivity index (χ0) is 37.4. The molecule has 0 saturated heterocycles. The molecule has 0 aromatic heterocycles. The minimum atomic E-state index is -5.61. The van der Waals surface area contributed by atoms with Crippen LogP contribution in [0.4, 0.5) is 28.4 Å². The van der Waals surface area contributed by atoms with Gasteiger partial charge in [-0.1, -0.05) is 11.8 Å². The molecule has 0 aliphatic heterocycles. The van der Waals surface area contributed by atoms with E-state index in [9.17, 15) is 60.9 Å². The summed E-state index contributed by atoms with van der Waals surface area (Å²) >= 11 is 0. The maximum absolute atomic E-state index is 13.4. The SMILES string of the molecule is Nc1ccc2c([O-])c(N=Nc3cc(S(=O)(=O)[O-])ccc3S(=O)(=O)[O-])c(S(=O)(=O)[O-])cc2c1N=Nc1ccc(S(=O)(=O)CCOS(=O)(=O)O)cc1.[Na+].[Na+].[Na+].[Na+]. The van der Waals surface area contributed by atoms with E-state index in [1.807, 2.05) is 0 Å². The molecule has 54 heavy (non-hydrogen) atoms. The zero-order valence-electron chi connectivity index (χ0n) is 28.2. The van der Waals surface area contributed by atoms with Crippen molar-refractivity contribution < 1.29 is 188 Å². The van der Waals surface area contributed by atoms with E-state index in [1.54, 1.807) is 0 Å². The van der Waals surface area contributed by atoms with Crippen LogP contribution in [0.3, 0.4) is 0 Å². The van der Waals surface area contributed by atoms with E-state index in [0.29, 0.717) is 24.3 Å². The van der Waals surface area contributed by atoms with Crippen LogP contribution in [0.5, 0.6) is 5.75 Å². The molecule has 0 amide bonds. The number of azo groups is 2. The Bertz CT molecular complexity index is 2670. The van der Waals surface area contributed by atoms with Crippen LogP contribution in [0.1, 0.15) is 0 Å². The van der Waals surface area contributed by atoms with E-state index in [2.05, 4.69) is 24.6 Å². The van der Waals surface area contributed by atoms with Crippen LogP contribution in [0.2, 0.25) is 0 Å². The smallest absolute Gasteiger partial charge is 0.871 e. The van der Waals surface area contributed by atoms with Crippen molar-refractivity contribution in [2.24, 2.45) is 20.5 Å². The molecule has 0 atom stereocenters. The maximum Gasteiger partial charge on any atom is 1.00 e. The second-order valence-corrected chi connectivity index (χ2v) is 16.9. The third kappa shape index (κ3) is 13.8. The minimum absolute atomic E-state index is 0. The van der Waals surface area contributed by atoms with Crippen molar-refractivity contribution in [1.82, 2.24) is 0 Å². The molecule has 0 aliphatic carbocycles. The number of rotatable bonds is 12. The molecule has 0 aliphatic rings. The van der Waals surface area contributed by atoms with Crippen LogP contribution in [0.15, 0.2) is 101 Å². The molecule has 4 aromatic rings. The largest absolute Gasteiger partial charge is 1.00 e. The Morgan fingerprint density at radius 3 is 1.67 bits per heavy atom. The summed E-state index contributed by atoms with van der Waals surface area (Å²) < 4.78 is 165. The second kappa shape index (κ2) is 20.5. The number of nitrogen functional groups attached to an aromatic ring is 1. The van der Waals surface area contributed by atoms with Crippen molar-refractivity contribution in [3.63, 3.8) is 0 Å². The van der Waals surface area contributed by atoms with Gasteiger partial charge in [0.2, 0.25) is 0 Å². The Kier molecular flexibility index (Phi) is 20.3. The summed E-state index contributed by atoms with van der Waals surface area (Å²) in [5.74, 6) is -2.14. The molecule has 3 N–H and O–H groups in total. The first-order valence-corrected chi connectivity index (χ1v) is 20.0. The monoisotopic (exact) mass is 883 g/mol. The Balaban J connectivity index is 0.00000702. The van der Waals surface area contributed by atoms with Gasteiger partial charge in [0.1, 0.15) is 41.7 Å². The summed E-state index contributed by atoms with van der Waals surface area (Å²) in [7, 11) is -25.2. The standard InChI is InChI=1S/C24H21N5O16S5.4Na/c25-18-7-6-16-17(22(18)28-26-13-1-3-14(4-2-13)46(31,32)10-9-45-50(42,43)44)12-21(49(39,40)41)23(24(16)30)29-27-19-11-15(47(33,34)35)5-8-20(19)48(36,37)38;;;;/h1-8,11-12,30H,9-10,25H2,(H,33,34,35)(H,36,37,38)(H,39,40,41)(H,42,43,44);;;;/q;4*+1/p-4. The van der Waals surface area contributed by atoms with Crippen LogP contribution in [0.25, 0.3) is 10.8 Å². The Morgan fingerprint density at radius 2 is 1.15 bits per heavy atom. The molecule has 0 fully saturated rings. The average Bonchev–Trinajstić information content (AvgIpc) is 2.98. The molecule has 0 radical (unpaired) electrons. The van der Waals surface area contributed by atoms with E-state index < -0.39 is 100 Å². The fraction of sp³-hybridized carbons (Fsp3) is 0.0833. The maximum atomic E-state index is 13.4. The average molecular weight is 884 g/mol. The number of hydrogen-bond acceptors (Lipinski definition) is 20.